The minimum Gasteiger partial charge on any atom is -0.286 e. The van der Waals surface area contributed by atoms with Crippen LogP contribution >= 0.6 is 48.6 Å². The predicted molar refractivity (Wildman–Crippen MR) is 78.5 cm³/mol. The molecule has 6 nitrogen and oxygen atoms in total. The molecule has 0 fully saturated rings. The van der Waals surface area contributed by atoms with E-state index in [2.05, 4.69) is 0 Å². The van der Waals surface area contributed by atoms with Crippen LogP contribution in [0.15, 0.2) is 0 Å². The SMILES string of the molecule is O=S(=O)(O)CCSSCCS(=O)(=O)O.S.S. The molecule has 0 bridgehead atoms. The minimum absolute atomic E-state index is 0. The minimum atomic E-state index is -3.94. The van der Waals surface area contributed by atoms with E-state index < -0.39 is 20.2 Å². The third-order valence-electron chi connectivity index (χ3n) is 0.933. The molecule has 0 heterocycles. The molecular formula is C4H14O6S6. The Morgan fingerprint density at radius 1 is 0.750 bits per heavy atom. The molecule has 0 aliphatic heterocycles. The first-order valence-corrected chi connectivity index (χ1v) is 9.06. The van der Waals surface area contributed by atoms with Crippen LogP contribution in [0.4, 0.5) is 0 Å². The summed E-state index contributed by atoms with van der Waals surface area (Å²) in [6, 6.07) is 0. The van der Waals surface area contributed by atoms with Gasteiger partial charge in [0.25, 0.3) is 20.2 Å². The van der Waals surface area contributed by atoms with E-state index in [1.54, 1.807) is 0 Å². The molecule has 0 saturated heterocycles. The Bertz CT molecular complexity index is 309. The van der Waals surface area contributed by atoms with E-state index in [-0.39, 0.29) is 50.0 Å². The summed E-state index contributed by atoms with van der Waals surface area (Å²) in [7, 11) is -5.64. The first kappa shape index (κ1) is 22.4. The topological polar surface area (TPSA) is 109 Å². The Morgan fingerprint density at radius 3 is 1.19 bits per heavy atom. The smallest absolute Gasteiger partial charge is 0.265 e. The molecule has 0 rings (SSSR count). The van der Waals surface area contributed by atoms with Gasteiger partial charge in [-0.2, -0.15) is 43.8 Å². The summed E-state index contributed by atoms with van der Waals surface area (Å²) in [5, 5.41) is 0. The molecule has 0 aliphatic rings. The quantitative estimate of drug-likeness (QED) is 0.385. The molecule has 0 aromatic heterocycles. The fraction of sp³-hybridized carbons (Fsp3) is 1.00. The van der Waals surface area contributed by atoms with Crippen molar-refractivity contribution in [1.82, 2.24) is 0 Å². The fourth-order valence-electron chi connectivity index (χ4n) is 0.397. The summed E-state index contributed by atoms with van der Waals surface area (Å²) >= 11 is 0. The maximum atomic E-state index is 10.2. The zero-order valence-corrected chi connectivity index (χ0v) is 13.3. The Labute approximate surface area is 117 Å². The average Bonchev–Trinajstić information content (AvgIpc) is 1.92. The third-order valence-corrected chi connectivity index (χ3v) is 5.30. The number of hydrogen-bond donors (Lipinski definition) is 2. The van der Waals surface area contributed by atoms with E-state index in [9.17, 15) is 16.8 Å². The second-order valence-corrected chi connectivity index (χ2v) is 8.06. The van der Waals surface area contributed by atoms with Crippen molar-refractivity contribution in [2.24, 2.45) is 0 Å². The maximum Gasteiger partial charge on any atom is 0.265 e. The van der Waals surface area contributed by atoms with Crippen molar-refractivity contribution >= 4 is 68.8 Å². The van der Waals surface area contributed by atoms with E-state index in [1.165, 1.54) is 0 Å². The second-order valence-electron chi connectivity index (χ2n) is 2.22. The Morgan fingerprint density at radius 2 is 1.00 bits per heavy atom. The van der Waals surface area contributed by atoms with E-state index in [0.29, 0.717) is 0 Å². The van der Waals surface area contributed by atoms with Crippen LogP contribution in [-0.4, -0.2) is 49.0 Å². The van der Waals surface area contributed by atoms with Crippen LogP contribution in [0.1, 0.15) is 0 Å². The van der Waals surface area contributed by atoms with Crippen LogP contribution in [0.2, 0.25) is 0 Å². The van der Waals surface area contributed by atoms with Crippen molar-refractivity contribution in [1.29, 1.82) is 0 Å². The molecule has 12 heteroatoms. The van der Waals surface area contributed by atoms with Gasteiger partial charge in [0, 0.05) is 11.5 Å². The van der Waals surface area contributed by atoms with E-state index in [1.807, 2.05) is 0 Å². The van der Waals surface area contributed by atoms with Crippen molar-refractivity contribution in [3.8, 4) is 0 Å². The van der Waals surface area contributed by atoms with E-state index in [0.717, 1.165) is 21.6 Å². The number of rotatable bonds is 7. The molecule has 102 valence electrons. The van der Waals surface area contributed by atoms with Gasteiger partial charge in [0.05, 0.1) is 11.5 Å². The van der Waals surface area contributed by atoms with Gasteiger partial charge in [-0.25, -0.2) is 0 Å². The summed E-state index contributed by atoms with van der Waals surface area (Å²) in [6.07, 6.45) is 0. The summed E-state index contributed by atoms with van der Waals surface area (Å²) in [4.78, 5) is 0. The zero-order chi connectivity index (χ0) is 11.2. The van der Waals surface area contributed by atoms with Crippen molar-refractivity contribution < 1.29 is 25.9 Å². The zero-order valence-electron chi connectivity index (χ0n) is 7.99. The van der Waals surface area contributed by atoms with Gasteiger partial charge in [-0.05, 0) is 0 Å². The molecule has 0 atom stereocenters. The summed E-state index contributed by atoms with van der Waals surface area (Å²) in [6.45, 7) is 0. The van der Waals surface area contributed by atoms with Gasteiger partial charge in [0.2, 0.25) is 0 Å². The van der Waals surface area contributed by atoms with Gasteiger partial charge in [0.15, 0.2) is 0 Å². The Kier molecular flexibility index (Phi) is 14.2. The molecule has 0 aliphatic carbocycles. The molecule has 0 aromatic rings. The van der Waals surface area contributed by atoms with Gasteiger partial charge in [-0.3, -0.25) is 9.11 Å². The lowest BCUT2D eigenvalue weighted by molar-refractivity contribution is 0.483. The molecule has 0 unspecified atom stereocenters. The highest BCUT2D eigenvalue weighted by atomic mass is 33.1. The van der Waals surface area contributed by atoms with Gasteiger partial charge < -0.3 is 0 Å². The summed E-state index contributed by atoms with van der Waals surface area (Å²) < 4.78 is 57.5. The molecule has 0 aromatic carbocycles. The predicted octanol–water partition coefficient (Wildman–Crippen LogP) is 0.369. The van der Waals surface area contributed by atoms with Gasteiger partial charge in [0.1, 0.15) is 0 Å². The largest absolute Gasteiger partial charge is 0.286 e. The molecule has 2 N–H and O–H groups in total. The lowest BCUT2D eigenvalue weighted by atomic mass is 11.0. The molecular weight excluding hydrogens is 336 g/mol. The van der Waals surface area contributed by atoms with Crippen LogP contribution in [0.3, 0.4) is 0 Å². The molecule has 0 saturated carbocycles. The molecule has 0 radical (unpaired) electrons. The summed E-state index contributed by atoms with van der Waals surface area (Å²) in [5.74, 6) is -0.378. The van der Waals surface area contributed by atoms with Crippen LogP contribution in [0.25, 0.3) is 0 Å². The molecule has 0 amide bonds. The highest BCUT2D eigenvalue weighted by Gasteiger charge is 2.06. The summed E-state index contributed by atoms with van der Waals surface area (Å²) in [5.41, 5.74) is 0. The van der Waals surface area contributed by atoms with E-state index >= 15 is 0 Å². The fourth-order valence-corrected chi connectivity index (χ4v) is 4.79. The van der Waals surface area contributed by atoms with Gasteiger partial charge in [-0.1, -0.05) is 21.6 Å². The van der Waals surface area contributed by atoms with Crippen LogP contribution in [-0.2, 0) is 20.2 Å². The van der Waals surface area contributed by atoms with Crippen LogP contribution in [0, 0.1) is 0 Å². The Balaban J connectivity index is -0.000000845. The Hall–Kier alpha value is 1.22. The first-order chi connectivity index (χ1) is 6.21. The lowest BCUT2D eigenvalue weighted by Gasteiger charge is -1.98. The number of hydrogen-bond acceptors (Lipinski definition) is 6. The molecule has 16 heavy (non-hydrogen) atoms. The lowest BCUT2D eigenvalue weighted by Crippen LogP contribution is -2.07. The van der Waals surface area contributed by atoms with Crippen molar-refractivity contribution in [2.45, 2.75) is 0 Å². The van der Waals surface area contributed by atoms with Gasteiger partial charge in [-0.15, -0.1) is 0 Å². The van der Waals surface area contributed by atoms with Crippen molar-refractivity contribution in [3.05, 3.63) is 0 Å². The van der Waals surface area contributed by atoms with Crippen LogP contribution in [0.5, 0.6) is 0 Å². The maximum absolute atomic E-state index is 10.2. The highest BCUT2D eigenvalue weighted by Crippen LogP contribution is 2.20. The molecule has 0 spiro atoms. The van der Waals surface area contributed by atoms with Crippen molar-refractivity contribution in [3.63, 3.8) is 0 Å². The average molecular weight is 351 g/mol. The van der Waals surface area contributed by atoms with Crippen LogP contribution < -0.4 is 0 Å². The van der Waals surface area contributed by atoms with Gasteiger partial charge >= 0.3 is 0 Å². The normalized spacial score (nSPS) is 11.4. The highest BCUT2D eigenvalue weighted by molar-refractivity contribution is 8.76. The van der Waals surface area contributed by atoms with E-state index in [4.69, 9.17) is 9.11 Å². The monoisotopic (exact) mass is 350 g/mol. The first-order valence-electron chi connectivity index (χ1n) is 3.35. The standard InChI is InChI=1S/C4H10O6S4.2H2S/c5-13(6,7)3-1-11-12-2-4-14(8,9)10;;/h1-4H2,(H,5,6,7)(H,8,9,10);2*1H2. The van der Waals surface area contributed by atoms with Crippen molar-refractivity contribution in [2.75, 3.05) is 23.0 Å². The second kappa shape index (κ2) is 10.2. The third kappa shape index (κ3) is 20.6.